The molecule has 2 N–H and O–H groups in total. The average molecular weight is 171 g/mol. The molecule has 0 saturated heterocycles. The molecule has 3 nitrogen and oxygen atoms in total. The van der Waals surface area contributed by atoms with Crippen molar-refractivity contribution in [3.05, 3.63) is 0 Å². The summed E-state index contributed by atoms with van der Waals surface area (Å²) in [4.78, 5) is 10.1. The molecule has 0 rings (SSSR count). The zero-order valence-corrected chi connectivity index (χ0v) is 5.81. The lowest BCUT2D eigenvalue weighted by Gasteiger charge is -2.15. The molecule has 0 aromatic heterocycles. The van der Waals surface area contributed by atoms with Crippen LogP contribution in [0.1, 0.15) is 6.92 Å². The van der Waals surface area contributed by atoms with Crippen LogP contribution in [0.15, 0.2) is 0 Å². The van der Waals surface area contributed by atoms with E-state index in [2.05, 4.69) is 10.5 Å². The van der Waals surface area contributed by atoms with Gasteiger partial charge in [0.15, 0.2) is 0 Å². The molecule has 0 spiro atoms. The van der Waals surface area contributed by atoms with E-state index in [0.717, 1.165) is 0 Å². The molecule has 1 amide bonds. The summed E-state index contributed by atoms with van der Waals surface area (Å²) in [6, 6.07) is 0. The van der Waals surface area contributed by atoms with Crippen LogP contribution in [-0.2, 0) is 9.53 Å². The Hall–Kier alpha value is -0.780. The van der Waals surface area contributed by atoms with Gasteiger partial charge in [-0.1, -0.05) is 0 Å². The largest absolute Gasteiger partial charge is 0.423 e. The molecule has 0 bridgehead atoms. The van der Waals surface area contributed by atoms with Crippen LogP contribution in [0.4, 0.5) is 13.2 Å². The molecule has 0 saturated carbocycles. The number of ether oxygens (including phenoxy) is 1. The van der Waals surface area contributed by atoms with E-state index >= 15 is 0 Å². The smallest absolute Gasteiger partial charge is 0.367 e. The monoisotopic (exact) mass is 171 g/mol. The second-order valence-electron chi connectivity index (χ2n) is 1.78. The SMILES string of the molecule is CCOC(C(N)=O)C(F)(F)F. The van der Waals surface area contributed by atoms with Gasteiger partial charge in [0.05, 0.1) is 0 Å². The lowest BCUT2D eigenvalue weighted by Crippen LogP contribution is -2.43. The van der Waals surface area contributed by atoms with Crippen LogP contribution in [0.2, 0.25) is 0 Å². The molecule has 66 valence electrons. The number of hydrogen-bond donors (Lipinski definition) is 1. The number of halogens is 3. The van der Waals surface area contributed by atoms with E-state index in [1.165, 1.54) is 6.92 Å². The molecule has 11 heavy (non-hydrogen) atoms. The minimum Gasteiger partial charge on any atom is -0.367 e. The number of carbonyl (C=O) groups is 1. The molecule has 0 heterocycles. The molecule has 0 aromatic rings. The van der Waals surface area contributed by atoms with Crippen LogP contribution >= 0.6 is 0 Å². The Morgan fingerprint density at radius 3 is 2.18 bits per heavy atom. The number of nitrogens with two attached hydrogens (primary N) is 1. The predicted molar refractivity (Wildman–Crippen MR) is 30.7 cm³/mol. The molecule has 1 unspecified atom stereocenters. The Balaban J connectivity index is 4.22. The first-order chi connectivity index (χ1) is 4.89. The molecule has 0 radical (unpaired) electrons. The van der Waals surface area contributed by atoms with Gasteiger partial charge in [0, 0.05) is 6.61 Å². The number of amides is 1. The normalized spacial score (nSPS) is 14.5. The Labute approximate surface area is 61.3 Å². The fraction of sp³-hybridized carbons (Fsp3) is 0.800. The van der Waals surface area contributed by atoms with Crippen LogP contribution in [0, 0.1) is 0 Å². The minimum absolute atomic E-state index is 0.201. The van der Waals surface area contributed by atoms with Gasteiger partial charge in [0.1, 0.15) is 0 Å². The fourth-order valence-corrected chi connectivity index (χ4v) is 0.505. The number of hydrogen-bond acceptors (Lipinski definition) is 2. The summed E-state index contributed by atoms with van der Waals surface area (Å²) >= 11 is 0. The summed E-state index contributed by atoms with van der Waals surface area (Å²) in [5.74, 6) is -1.51. The molecule has 0 aliphatic heterocycles. The van der Waals surface area contributed by atoms with Crippen molar-refractivity contribution in [2.75, 3.05) is 6.61 Å². The summed E-state index contributed by atoms with van der Waals surface area (Å²) in [5, 5.41) is 0. The van der Waals surface area contributed by atoms with E-state index in [0.29, 0.717) is 0 Å². The highest BCUT2D eigenvalue weighted by atomic mass is 19.4. The Bertz CT molecular complexity index is 145. The average Bonchev–Trinajstić information content (AvgIpc) is 1.79. The van der Waals surface area contributed by atoms with Crippen molar-refractivity contribution in [2.45, 2.75) is 19.2 Å². The van der Waals surface area contributed by atoms with Gasteiger partial charge >= 0.3 is 6.18 Å². The predicted octanol–water partition coefficient (Wildman–Crippen LogP) is 0.439. The van der Waals surface area contributed by atoms with Crippen molar-refractivity contribution in [1.82, 2.24) is 0 Å². The molecule has 6 heteroatoms. The van der Waals surface area contributed by atoms with E-state index in [9.17, 15) is 18.0 Å². The van der Waals surface area contributed by atoms with Crippen molar-refractivity contribution in [1.29, 1.82) is 0 Å². The van der Waals surface area contributed by atoms with Gasteiger partial charge in [0.2, 0.25) is 6.10 Å². The molecule has 0 aliphatic carbocycles. The number of primary amides is 1. The first-order valence-electron chi connectivity index (χ1n) is 2.87. The van der Waals surface area contributed by atoms with E-state index < -0.39 is 18.2 Å². The molecule has 1 atom stereocenters. The van der Waals surface area contributed by atoms with Crippen LogP contribution in [0.3, 0.4) is 0 Å². The van der Waals surface area contributed by atoms with Gasteiger partial charge in [-0.2, -0.15) is 13.2 Å². The maximum absolute atomic E-state index is 11.7. The van der Waals surface area contributed by atoms with Crippen molar-refractivity contribution in [3.63, 3.8) is 0 Å². The van der Waals surface area contributed by atoms with Crippen LogP contribution in [0.5, 0.6) is 0 Å². The van der Waals surface area contributed by atoms with Gasteiger partial charge in [-0.15, -0.1) is 0 Å². The fourth-order valence-electron chi connectivity index (χ4n) is 0.505. The summed E-state index contributed by atoms with van der Waals surface area (Å²) in [6.07, 6.45) is -7.19. The van der Waals surface area contributed by atoms with Crippen LogP contribution < -0.4 is 5.73 Å². The third kappa shape index (κ3) is 3.22. The van der Waals surface area contributed by atoms with Gasteiger partial charge in [-0.05, 0) is 6.92 Å². The number of carbonyl (C=O) groups excluding carboxylic acids is 1. The summed E-state index contributed by atoms with van der Waals surface area (Å²) in [5.41, 5.74) is 4.42. The van der Waals surface area contributed by atoms with Crippen LogP contribution in [0.25, 0.3) is 0 Å². The first kappa shape index (κ1) is 10.2. The third-order valence-electron chi connectivity index (χ3n) is 0.889. The molecule has 0 aromatic carbocycles. The topological polar surface area (TPSA) is 52.3 Å². The highest BCUT2D eigenvalue weighted by Crippen LogP contribution is 2.22. The second-order valence-corrected chi connectivity index (χ2v) is 1.78. The molecule has 0 fully saturated rings. The maximum Gasteiger partial charge on any atom is 0.423 e. The van der Waals surface area contributed by atoms with Gasteiger partial charge in [-0.25, -0.2) is 0 Å². The number of alkyl halides is 3. The van der Waals surface area contributed by atoms with Crippen LogP contribution in [-0.4, -0.2) is 24.8 Å². The summed E-state index contributed by atoms with van der Waals surface area (Å²) in [6.45, 7) is 1.15. The van der Waals surface area contributed by atoms with E-state index in [1.54, 1.807) is 0 Å². The lowest BCUT2D eigenvalue weighted by atomic mass is 10.3. The second kappa shape index (κ2) is 3.56. The summed E-state index contributed by atoms with van der Waals surface area (Å²) in [7, 11) is 0. The maximum atomic E-state index is 11.7. The standard InChI is InChI=1S/C5H8F3NO2/c1-2-11-3(4(9)10)5(6,7)8/h3H,2H2,1H3,(H2,9,10). The third-order valence-corrected chi connectivity index (χ3v) is 0.889. The van der Waals surface area contributed by atoms with Crippen molar-refractivity contribution < 1.29 is 22.7 Å². The molecule has 0 aliphatic rings. The summed E-state index contributed by atoms with van der Waals surface area (Å²) < 4.78 is 39.3. The quantitative estimate of drug-likeness (QED) is 0.669. The van der Waals surface area contributed by atoms with E-state index in [1.807, 2.05) is 0 Å². The number of rotatable bonds is 3. The zero-order chi connectivity index (χ0) is 9.07. The van der Waals surface area contributed by atoms with Crippen molar-refractivity contribution >= 4 is 5.91 Å². The Kier molecular flexibility index (Phi) is 3.31. The Morgan fingerprint density at radius 1 is 1.64 bits per heavy atom. The highest BCUT2D eigenvalue weighted by Gasteiger charge is 2.44. The van der Waals surface area contributed by atoms with Gasteiger partial charge in [0.25, 0.3) is 5.91 Å². The van der Waals surface area contributed by atoms with E-state index in [-0.39, 0.29) is 6.61 Å². The molecular formula is C5H8F3NO2. The van der Waals surface area contributed by atoms with Gasteiger partial charge in [-0.3, -0.25) is 4.79 Å². The van der Waals surface area contributed by atoms with Gasteiger partial charge < -0.3 is 10.5 Å². The zero-order valence-electron chi connectivity index (χ0n) is 5.81. The first-order valence-corrected chi connectivity index (χ1v) is 2.87. The Morgan fingerprint density at radius 2 is 2.09 bits per heavy atom. The lowest BCUT2D eigenvalue weighted by molar-refractivity contribution is -0.215. The van der Waals surface area contributed by atoms with E-state index in [4.69, 9.17) is 0 Å². The van der Waals surface area contributed by atoms with Crippen molar-refractivity contribution in [3.8, 4) is 0 Å². The minimum atomic E-state index is -4.71. The van der Waals surface area contributed by atoms with Crippen molar-refractivity contribution in [2.24, 2.45) is 5.73 Å². The molecular weight excluding hydrogens is 163 g/mol. The highest BCUT2D eigenvalue weighted by molar-refractivity contribution is 5.79.